The number of hydrogen-bond acceptors (Lipinski definition) is 3. The highest BCUT2D eigenvalue weighted by Gasteiger charge is 1.85. The van der Waals surface area contributed by atoms with Crippen molar-refractivity contribution < 1.29 is 9.52 Å². The summed E-state index contributed by atoms with van der Waals surface area (Å²) in [5, 5.41) is 10.4. The van der Waals surface area contributed by atoms with Crippen LogP contribution in [0.2, 0.25) is 0 Å². The van der Waals surface area contributed by atoms with Gasteiger partial charge < -0.3 is 14.1 Å². The van der Waals surface area contributed by atoms with Crippen LogP contribution in [0.3, 0.4) is 0 Å². The third kappa shape index (κ3) is 0.626. The minimum atomic E-state index is -0.199. The van der Waals surface area contributed by atoms with Crippen LogP contribution in [0.5, 0.6) is 5.88 Å². The smallest absolute Gasteiger partial charge is 0.267 e. The molecule has 1 aromatic heterocycles. The van der Waals surface area contributed by atoms with Gasteiger partial charge in [-0.3, -0.25) is 0 Å². The SMILES string of the molecule is Cn1c([O-])coc1=S. The summed E-state index contributed by atoms with van der Waals surface area (Å²) in [7, 11) is 1.56. The maximum atomic E-state index is 10.4. The van der Waals surface area contributed by atoms with E-state index < -0.39 is 0 Å². The molecule has 0 saturated heterocycles. The second kappa shape index (κ2) is 1.63. The molecule has 1 rings (SSSR count). The Kier molecular flexibility index (Phi) is 1.09. The summed E-state index contributed by atoms with van der Waals surface area (Å²) >= 11 is 4.57. The lowest BCUT2D eigenvalue weighted by atomic mass is 10.8. The molecule has 0 aliphatic heterocycles. The van der Waals surface area contributed by atoms with Crippen LogP contribution < -0.4 is 5.11 Å². The van der Waals surface area contributed by atoms with Gasteiger partial charge in [0.15, 0.2) is 0 Å². The summed E-state index contributed by atoms with van der Waals surface area (Å²) in [6, 6.07) is 0. The molecule has 1 heterocycles. The molecule has 0 aliphatic carbocycles. The van der Waals surface area contributed by atoms with Crippen molar-refractivity contribution in [2.75, 3.05) is 0 Å². The van der Waals surface area contributed by atoms with Crippen LogP contribution >= 0.6 is 12.2 Å². The molecule has 0 N–H and O–H groups in total. The molecule has 8 heavy (non-hydrogen) atoms. The van der Waals surface area contributed by atoms with E-state index in [9.17, 15) is 5.11 Å². The number of aromatic nitrogens is 1. The fourth-order valence-electron chi connectivity index (χ4n) is 0.349. The Balaban J connectivity index is 3.41. The van der Waals surface area contributed by atoms with Gasteiger partial charge in [0.05, 0.1) is 0 Å². The van der Waals surface area contributed by atoms with Gasteiger partial charge in [-0.1, -0.05) is 0 Å². The average molecular weight is 130 g/mol. The van der Waals surface area contributed by atoms with Crippen LogP contribution in [-0.2, 0) is 7.05 Å². The highest BCUT2D eigenvalue weighted by molar-refractivity contribution is 7.71. The van der Waals surface area contributed by atoms with E-state index in [1.165, 1.54) is 4.57 Å². The molecular formula is C4H4NO2S-. The number of nitrogens with zero attached hydrogens (tertiary/aromatic N) is 1. The standard InChI is InChI=1S/C4H5NO2S/c1-5-3(6)2-7-4(5)8/h2,6H,1H3/p-1. The Labute approximate surface area is 51.2 Å². The van der Waals surface area contributed by atoms with E-state index in [4.69, 9.17) is 0 Å². The Morgan fingerprint density at radius 3 is 2.62 bits per heavy atom. The fourth-order valence-corrected chi connectivity index (χ4v) is 0.487. The normalized spacial score (nSPS) is 9.62. The van der Waals surface area contributed by atoms with Crippen molar-refractivity contribution in [2.45, 2.75) is 0 Å². The zero-order valence-corrected chi connectivity index (χ0v) is 5.07. The van der Waals surface area contributed by atoms with E-state index in [1.54, 1.807) is 7.05 Å². The zero-order valence-electron chi connectivity index (χ0n) is 4.25. The van der Waals surface area contributed by atoms with Crippen molar-refractivity contribution >= 4 is 12.2 Å². The lowest BCUT2D eigenvalue weighted by Gasteiger charge is -1.99. The van der Waals surface area contributed by atoms with Crippen molar-refractivity contribution in [3.8, 4) is 5.88 Å². The number of hydrogen-bond donors (Lipinski definition) is 0. The van der Waals surface area contributed by atoms with Gasteiger partial charge in [0.1, 0.15) is 6.26 Å². The Morgan fingerprint density at radius 2 is 2.50 bits per heavy atom. The summed E-state index contributed by atoms with van der Waals surface area (Å²) in [4.78, 5) is 0.218. The molecule has 0 saturated carbocycles. The maximum absolute atomic E-state index is 10.4. The molecule has 1 aromatic rings. The minimum absolute atomic E-state index is 0.199. The van der Waals surface area contributed by atoms with Crippen molar-refractivity contribution in [3.63, 3.8) is 0 Å². The second-order valence-corrected chi connectivity index (χ2v) is 1.75. The monoisotopic (exact) mass is 130 g/mol. The Hall–Kier alpha value is -0.770. The van der Waals surface area contributed by atoms with Crippen molar-refractivity contribution in [3.05, 3.63) is 11.1 Å². The minimum Gasteiger partial charge on any atom is -0.858 e. The molecule has 0 aromatic carbocycles. The third-order valence-corrected chi connectivity index (χ3v) is 1.24. The lowest BCUT2D eigenvalue weighted by molar-refractivity contribution is -0.278. The van der Waals surface area contributed by atoms with Crippen molar-refractivity contribution in [1.29, 1.82) is 0 Å². The van der Waals surface area contributed by atoms with Crippen LogP contribution in [0.1, 0.15) is 0 Å². The first-order chi connectivity index (χ1) is 3.72. The average Bonchev–Trinajstić information content (AvgIpc) is 1.98. The molecule has 0 spiro atoms. The molecule has 0 fully saturated rings. The van der Waals surface area contributed by atoms with E-state index in [2.05, 4.69) is 16.6 Å². The van der Waals surface area contributed by atoms with Crippen molar-refractivity contribution in [1.82, 2.24) is 4.57 Å². The lowest BCUT2D eigenvalue weighted by Crippen LogP contribution is -1.97. The predicted octanol–water partition coefficient (Wildman–Crippen LogP) is 0.421. The highest BCUT2D eigenvalue weighted by Crippen LogP contribution is 2.03. The van der Waals surface area contributed by atoms with Crippen LogP contribution in [0.25, 0.3) is 0 Å². The second-order valence-electron chi connectivity index (χ2n) is 1.40. The van der Waals surface area contributed by atoms with Crippen molar-refractivity contribution in [2.24, 2.45) is 7.05 Å². The van der Waals surface area contributed by atoms with Gasteiger partial charge in [-0.15, -0.1) is 0 Å². The molecule has 0 unspecified atom stereocenters. The van der Waals surface area contributed by atoms with E-state index in [0.29, 0.717) is 0 Å². The van der Waals surface area contributed by atoms with Crippen LogP contribution in [0, 0.1) is 4.84 Å². The first-order valence-corrected chi connectivity index (χ1v) is 2.44. The molecule has 0 atom stereocenters. The van der Waals surface area contributed by atoms with Gasteiger partial charge in [-0.2, -0.15) is 0 Å². The summed E-state index contributed by atoms with van der Waals surface area (Å²) in [5.41, 5.74) is 0. The summed E-state index contributed by atoms with van der Waals surface area (Å²) in [6.07, 6.45) is 1.09. The van der Waals surface area contributed by atoms with E-state index in [1.807, 2.05) is 0 Å². The van der Waals surface area contributed by atoms with Gasteiger partial charge in [0.25, 0.3) is 4.84 Å². The molecule has 44 valence electrons. The van der Waals surface area contributed by atoms with Gasteiger partial charge in [0.2, 0.25) is 0 Å². The molecule has 0 bridgehead atoms. The summed E-state index contributed by atoms with van der Waals surface area (Å²) in [5.74, 6) is -0.199. The van der Waals surface area contributed by atoms with Crippen LogP contribution in [-0.4, -0.2) is 4.57 Å². The molecular weight excluding hydrogens is 126 g/mol. The van der Waals surface area contributed by atoms with Gasteiger partial charge in [-0.25, -0.2) is 0 Å². The van der Waals surface area contributed by atoms with E-state index in [0.717, 1.165) is 6.26 Å². The van der Waals surface area contributed by atoms with Crippen LogP contribution in [0.4, 0.5) is 0 Å². The molecule has 4 heteroatoms. The van der Waals surface area contributed by atoms with Gasteiger partial charge in [0, 0.05) is 12.9 Å². The molecule has 3 nitrogen and oxygen atoms in total. The molecule has 0 radical (unpaired) electrons. The van der Waals surface area contributed by atoms with E-state index >= 15 is 0 Å². The van der Waals surface area contributed by atoms with Crippen LogP contribution in [0.15, 0.2) is 10.7 Å². The molecule has 0 amide bonds. The fraction of sp³-hybridized carbons (Fsp3) is 0.250. The van der Waals surface area contributed by atoms with Gasteiger partial charge in [-0.05, 0) is 12.2 Å². The molecule has 0 aliphatic rings. The maximum Gasteiger partial charge on any atom is 0.267 e. The summed E-state index contributed by atoms with van der Waals surface area (Å²) in [6.45, 7) is 0. The number of oxazole rings is 1. The Bertz CT molecular complexity index is 236. The Morgan fingerprint density at radius 1 is 1.88 bits per heavy atom. The number of rotatable bonds is 0. The quantitative estimate of drug-likeness (QED) is 0.478. The summed E-state index contributed by atoms with van der Waals surface area (Å²) < 4.78 is 5.82. The topological polar surface area (TPSA) is 41.1 Å². The van der Waals surface area contributed by atoms with E-state index in [-0.39, 0.29) is 10.7 Å². The first-order valence-electron chi connectivity index (χ1n) is 2.03. The van der Waals surface area contributed by atoms with Gasteiger partial charge >= 0.3 is 0 Å². The largest absolute Gasteiger partial charge is 0.858 e. The first kappa shape index (κ1) is 5.37. The predicted molar refractivity (Wildman–Crippen MR) is 28.0 cm³/mol. The highest BCUT2D eigenvalue weighted by atomic mass is 32.1. The zero-order chi connectivity index (χ0) is 6.15. The third-order valence-electron chi connectivity index (χ3n) is 0.865.